The number of methoxy groups -OCH3 is 1. The van der Waals surface area contributed by atoms with E-state index in [-0.39, 0.29) is 0 Å². The largest absolute Gasteiger partial charge is 0.496 e. The molecule has 0 aliphatic carbocycles. The van der Waals surface area contributed by atoms with Crippen LogP contribution < -0.4 is 9.47 Å². The van der Waals surface area contributed by atoms with Crippen molar-refractivity contribution in [2.75, 3.05) is 33.4 Å². The smallest absolute Gasteiger partial charge is 0.130 e. The number of likely N-dealkylation sites (tertiary alicyclic amines) is 1. The Balaban J connectivity index is 1.73. The maximum atomic E-state index is 5.71. The molecule has 0 bridgehead atoms. The molecule has 1 saturated heterocycles. The molecule has 0 amide bonds. The summed E-state index contributed by atoms with van der Waals surface area (Å²) in [6.07, 6.45) is 4.03. The van der Waals surface area contributed by atoms with Crippen molar-refractivity contribution < 1.29 is 9.47 Å². The van der Waals surface area contributed by atoms with Crippen molar-refractivity contribution in [2.24, 2.45) is 0 Å². The highest BCUT2D eigenvalue weighted by Gasteiger charge is 2.09. The first-order valence-electron chi connectivity index (χ1n) is 6.29. The van der Waals surface area contributed by atoms with E-state index in [2.05, 4.69) is 11.0 Å². The van der Waals surface area contributed by atoms with Crippen LogP contribution in [0.3, 0.4) is 0 Å². The van der Waals surface area contributed by atoms with Gasteiger partial charge in [-0.15, -0.1) is 0 Å². The fourth-order valence-electron chi connectivity index (χ4n) is 2.11. The van der Waals surface area contributed by atoms with Crippen molar-refractivity contribution in [3.63, 3.8) is 0 Å². The molecular formula is C14H20NO2. The van der Waals surface area contributed by atoms with Crippen molar-refractivity contribution in [3.05, 3.63) is 24.3 Å². The number of ether oxygens (including phenoxy) is 2. The Kier molecular flexibility index (Phi) is 4.68. The Morgan fingerprint density at radius 2 is 2.12 bits per heavy atom. The van der Waals surface area contributed by atoms with E-state index in [9.17, 15) is 0 Å². The molecule has 3 nitrogen and oxygen atoms in total. The topological polar surface area (TPSA) is 21.7 Å². The first-order chi connectivity index (χ1) is 8.38. The molecule has 93 valence electrons. The minimum absolute atomic E-state index is 0.723. The van der Waals surface area contributed by atoms with Crippen molar-refractivity contribution in [1.82, 2.24) is 4.90 Å². The minimum atomic E-state index is 0.723. The maximum Gasteiger partial charge on any atom is 0.130 e. The van der Waals surface area contributed by atoms with Gasteiger partial charge in [0, 0.05) is 18.7 Å². The van der Waals surface area contributed by atoms with Gasteiger partial charge in [0.25, 0.3) is 0 Å². The number of benzene rings is 1. The van der Waals surface area contributed by atoms with Crippen molar-refractivity contribution in [2.45, 2.75) is 19.3 Å². The molecule has 0 aromatic heterocycles. The lowest BCUT2D eigenvalue weighted by molar-refractivity contribution is 0.183. The van der Waals surface area contributed by atoms with Crippen LogP contribution in [0.4, 0.5) is 0 Å². The molecule has 1 aromatic rings. The van der Waals surface area contributed by atoms with E-state index < -0.39 is 0 Å². The summed E-state index contributed by atoms with van der Waals surface area (Å²) in [7, 11) is 1.64. The first kappa shape index (κ1) is 12.2. The first-order valence-corrected chi connectivity index (χ1v) is 6.29. The van der Waals surface area contributed by atoms with Crippen molar-refractivity contribution in [3.8, 4) is 11.5 Å². The molecule has 1 fully saturated rings. The van der Waals surface area contributed by atoms with Gasteiger partial charge in [-0.25, -0.2) is 0 Å². The summed E-state index contributed by atoms with van der Waals surface area (Å²) in [6, 6.07) is 8.60. The Hall–Kier alpha value is -1.22. The molecule has 1 heterocycles. The van der Waals surface area contributed by atoms with Gasteiger partial charge in [-0.3, -0.25) is 4.90 Å². The SMILES string of the molecule is COc1[c]ccc(OCCN2CCCCC2)c1. The molecular weight excluding hydrogens is 214 g/mol. The highest BCUT2D eigenvalue weighted by Crippen LogP contribution is 2.18. The number of hydrogen-bond donors (Lipinski definition) is 0. The number of hydrogen-bond acceptors (Lipinski definition) is 3. The Labute approximate surface area is 103 Å². The molecule has 0 spiro atoms. The lowest BCUT2D eigenvalue weighted by Crippen LogP contribution is -2.33. The van der Waals surface area contributed by atoms with E-state index in [1.54, 1.807) is 7.11 Å². The Morgan fingerprint density at radius 3 is 2.88 bits per heavy atom. The summed E-state index contributed by atoms with van der Waals surface area (Å²) in [6.45, 7) is 4.19. The predicted octanol–water partition coefficient (Wildman–Crippen LogP) is 2.36. The summed E-state index contributed by atoms with van der Waals surface area (Å²) < 4.78 is 10.8. The van der Waals surface area contributed by atoms with Gasteiger partial charge < -0.3 is 9.47 Å². The lowest BCUT2D eigenvalue weighted by atomic mass is 10.1. The van der Waals surface area contributed by atoms with E-state index >= 15 is 0 Å². The van der Waals surface area contributed by atoms with E-state index in [0.29, 0.717) is 0 Å². The average Bonchev–Trinajstić information content (AvgIpc) is 2.40. The third-order valence-electron chi connectivity index (χ3n) is 3.09. The summed E-state index contributed by atoms with van der Waals surface area (Å²) in [4.78, 5) is 2.47. The summed E-state index contributed by atoms with van der Waals surface area (Å²) in [5.41, 5.74) is 0. The van der Waals surface area contributed by atoms with Crippen LogP contribution in [0.15, 0.2) is 18.2 Å². The van der Waals surface area contributed by atoms with Crippen molar-refractivity contribution in [1.29, 1.82) is 0 Å². The van der Waals surface area contributed by atoms with E-state index in [1.807, 2.05) is 18.2 Å². The summed E-state index contributed by atoms with van der Waals surface area (Å²) in [5, 5.41) is 0. The van der Waals surface area contributed by atoms with Crippen LogP contribution in [-0.2, 0) is 0 Å². The van der Waals surface area contributed by atoms with E-state index in [4.69, 9.17) is 9.47 Å². The van der Waals surface area contributed by atoms with Crippen LogP contribution >= 0.6 is 0 Å². The second-order valence-corrected chi connectivity index (χ2v) is 4.34. The van der Waals surface area contributed by atoms with Gasteiger partial charge in [0.2, 0.25) is 0 Å². The predicted molar refractivity (Wildman–Crippen MR) is 67.6 cm³/mol. The third kappa shape index (κ3) is 3.93. The lowest BCUT2D eigenvalue weighted by Gasteiger charge is -2.26. The molecule has 2 rings (SSSR count). The van der Waals surface area contributed by atoms with E-state index in [1.165, 1.54) is 32.4 Å². The zero-order valence-corrected chi connectivity index (χ0v) is 10.4. The monoisotopic (exact) mass is 234 g/mol. The van der Waals surface area contributed by atoms with Gasteiger partial charge in [0.05, 0.1) is 7.11 Å². The molecule has 0 atom stereocenters. The van der Waals surface area contributed by atoms with Crippen LogP contribution in [0.1, 0.15) is 19.3 Å². The molecule has 1 radical (unpaired) electrons. The Morgan fingerprint density at radius 1 is 1.29 bits per heavy atom. The van der Waals surface area contributed by atoms with Crippen LogP contribution in [0.25, 0.3) is 0 Å². The molecule has 1 aromatic carbocycles. The van der Waals surface area contributed by atoms with Crippen molar-refractivity contribution >= 4 is 0 Å². The molecule has 3 heteroatoms. The zero-order valence-electron chi connectivity index (χ0n) is 10.4. The van der Waals surface area contributed by atoms with Crippen LogP contribution in [0.5, 0.6) is 11.5 Å². The summed E-state index contributed by atoms with van der Waals surface area (Å²) in [5.74, 6) is 1.58. The van der Waals surface area contributed by atoms with Crippen LogP contribution in [-0.4, -0.2) is 38.3 Å². The maximum absolute atomic E-state index is 5.71. The van der Waals surface area contributed by atoms with Gasteiger partial charge in [0.15, 0.2) is 0 Å². The third-order valence-corrected chi connectivity index (χ3v) is 3.09. The van der Waals surface area contributed by atoms with Gasteiger partial charge in [-0.05, 0) is 38.1 Å². The molecule has 0 N–H and O–H groups in total. The highest BCUT2D eigenvalue weighted by atomic mass is 16.5. The Bertz CT molecular complexity index is 335. The summed E-state index contributed by atoms with van der Waals surface area (Å²) >= 11 is 0. The molecule has 17 heavy (non-hydrogen) atoms. The van der Waals surface area contributed by atoms with Gasteiger partial charge in [-0.2, -0.15) is 0 Å². The molecule has 1 aliphatic rings. The van der Waals surface area contributed by atoms with Gasteiger partial charge in [-0.1, -0.05) is 6.42 Å². The number of piperidine rings is 1. The van der Waals surface area contributed by atoms with E-state index in [0.717, 1.165) is 24.7 Å². The zero-order chi connectivity index (χ0) is 11.9. The molecule has 0 saturated carbocycles. The normalized spacial score (nSPS) is 16.8. The number of nitrogens with zero attached hydrogens (tertiary/aromatic N) is 1. The highest BCUT2D eigenvalue weighted by molar-refractivity contribution is 5.31. The molecule has 1 aliphatic heterocycles. The fourth-order valence-corrected chi connectivity index (χ4v) is 2.11. The minimum Gasteiger partial charge on any atom is -0.496 e. The fraction of sp³-hybridized carbons (Fsp3) is 0.571. The van der Waals surface area contributed by atoms with Crippen LogP contribution in [0.2, 0.25) is 0 Å². The average molecular weight is 234 g/mol. The van der Waals surface area contributed by atoms with Gasteiger partial charge >= 0.3 is 0 Å². The second-order valence-electron chi connectivity index (χ2n) is 4.34. The quantitative estimate of drug-likeness (QED) is 0.780. The second kappa shape index (κ2) is 6.50. The molecule has 0 unspecified atom stereocenters. The number of rotatable bonds is 5. The van der Waals surface area contributed by atoms with Gasteiger partial charge in [0.1, 0.15) is 18.1 Å². The standard InChI is InChI=1S/C14H20NO2/c1-16-13-6-5-7-14(12-13)17-11-10-15-8-3-2-4-9-15/h5,7,12H,2-4,8-11H2,1H3. The van der Waals surface area contributed by atoms with Crippen LogP contribution in [0, 0.1) is 6.07 Å².